The lowest BCUT2D eigenvalue weighted by Gasteiger charge is -2.19. The number of aldehydes is 1. The number of nitrogens with zero attached hydrogens (tertiary/aromatic N) is 2. The standard InChI is InChI=1S/C14H20N2O2/c1-15(2)7-8-16(3)14(18)10-12-5-4-6-13(9-12)11-17/h4-6,9,11H,7-8,10H2,1-3H3. The van der Waals surface area contributed by atoms with Crippen molar-refractivity contribution in [2.24, 2.45) is 0 Å². The molecule has 0 aliphatic rings. The van der Waals surface area contributed by atoms with Crippen LogP contribution < -0.4 is 0 Å². The molecule has 0 aromatic heterocycles. The third-order valence-electron chi connectivity index (χ3n) is 2.75. The van der Waals surface area contributed by atoms with Gasteiger partial charge in [0.05, 0.1) is 6.42 Å². The average molecular weight is 248 g/mol. The summed E-state index contributed by atoms with van der Waals surface area (Å²) in [7, 11) is 5.76. The highest BCUT2D eigenvalue weighted by atomic mass is 16.2. The molecule has 0 spiro atoms. The third-order valence-corrected chi connectivity index (χ3v) is 2.75. The molecule has 1 aromatic carbocycles. The molecule has 0 fully saturated rings. The lowest BCUT2D eigenvalue weighted by molar-refractivity contribution is -0.129. The number of likely N-dealkylation sites (N-methyl/N-ethyl adjacent to an activating group) is 2. The number of rotatable bonds is 6. The maximum absolute atomic E-state index is 11.9. The first-order chi connectivity index (χ1) is 8.52. The van der Waals surface area contributed by atoms with Crippen LogP contribution in [0.1, 0.15) is 15.9 Å². The van der Waals surface area contributed by atoms with Gasteiger partial charge in [-0.1, -0.05) is 18.2 Å². The summed E-state index contributed by atoms with van der Waals surface area (Å²) >= 11 is 0. The van der Waals surface area contributed by atoms with Gasteiger partial charge >= 0.3 is 0 Å². The van der Waals surface area contributed by atoms with Gasteiger partial charge in [-0.05, 0) is 25.7 Å². The van der Waals surface area contributed by atoms with Crippen LogP contribution in [0.3, 0.4) is 0 Å². The van der Waals surface area contributed by atoms with Crippen LogP contribution in [-0.2, 0) is 11.2 Å². The number of hydrogen-bond acceptors (Lipinski definition) is 3. The fraction of sp³-hybridized carbons (Fsp3) is 0.429. The van der Waals surface area contributed by atoms with E-state index in [9.17, 15) is 9.59 Å². The first kappa shape index (κ1) is 14.4. The van der Waals surface area contributed by atoms with E-state index in [2.05, 4.69) is 0 Å². The Hall–Kier alpha value is -1.68. The van der Waals surface area contributed by atoms with Crippen molar-refractivity contribution in [3.63, 3.8) is 0 Å². The molecular weight excluding hydrogens is 228 g/mol. The molecule has 0 aliphatic carbocycles. The van der Waals surface area contributed by atoms with Gasteiger partial charge < -0.3 is 9.80 Å². The summed E-state index contributed by atoms with van der Waals surface area (Å²) in [4.78, 5) is 26.4. The fourth-order valence-electron chi connectivity index (χ4n) is 1.56. The maximum Gasteiger partial charge on any atom is 0.226 e. The molecule has 4 heteroatoms. The molecule has 0 heterocycles. The van der Waals surface area contributed by atoms with E-state index >= 15 is 0 Å². The minimum absolute atomic E-state index is 0.0694. The molecule has 1 aromatic rings. The highest BCUT2D eigenvalue weighted by Gasteiger charge is 2.09. The van der Waals surface area contributed by atoms with E-state index < -0.39 is 0 Å². The third kappa shape index (κ3) is 4.67. The number of carbonyl (C=O) groups excluding carboxylic acids is 2. The second-order valence-electron chi connectivity index (χ2n) is 4.66. The quantitative estimate of drug-likeness (QED) is 0.707. The van der Waals surface area contributed by atoms with E-state index in [4.69, 9.17) is 0 Å². The highest BCUT2D eigenvalue weighted by Crippen LogP contribution is 2.05. The Labute approximate surface area is 108 Å². The predicted molar refractivity (Wildman–Crippen MR) is 71.7 cm³/mol. The molecule has 0 atom stereocenters. The first-order valence-corrected chi connectivity index (χ1v) is 5.95. The van der Waals surface area contributed by atoms with E-state index in [1.165, 1.54) is 0 Å². The van der Waals surface area contributed by atoms with Crippen molar-refractivity contribution < 1.29 is 9.59 Å². The second-order valence-corrected chi connectivity index (χ2v) is 4.66. The zero-order chi connectivity index (χ0) is 13.5. The van der Waals surface area contributed by atoms with Gasteiger partial charge in [0.1, 0.15) is 6.29 Å². The summed E-state index contributed by atoms with van der Waals surface area (Å²) in [6.45, 7) is 1.55. The van der Waals surface area contributed by atoms with Crippen LogP contribution in [0.2, 0.25) is 0 Å². The number of benzene rings is 1. The second kappa shape index (κ2) is 6.91. The fourth-order valence-corrected chi connectivity index (χ4v) is 1.56. The molecule has 0 radical (unpaired) electrons. The van der Waals surface area contributed by atoms with E-state index in [1.54, 1.807) is 30.1 Å². The molecule has 0 saturated heterocycles. The minimum atomic E-state index is 0.0694. The molecule has 0 bridgehead atoms. The highest BCUT2D eigenvalue weighted by molar-refractivity contribution is 5.80. The van der Waals surface area contributed by atoms with Gasteiger partial charge in [0, 0.05) is 25.7 Å². The molecule has 1 amide bonds. The van der Waals surface area contributed by atoms with Crippen LogP contribution in [0.4, 0.5) is 0 Å². The van der Waals surface area contributed by atoms with Crippen molar-refractivity contribution in [2.75, 3.05) is 34.2 Å². The van der Waals surface area contributed by atoms with Crippen LogP contribution in [-0.4, -0.2) is 56.2 Å². The average Bonchev–Trinajstić information content (AvgIpc) is 2.36. The Balaban J connectivity index is 2.55. The van der Waals surface area contributed by atoms with Crippen LogP contribution >= 0.6 is 0 Å². The largest absolute Gasteiger partial charge is 0.344 e. The van der Waals surface area contributed by atoms with Gasteiger partial charge in [0.25, 0.3) is 0 Å². The molecule has 1 rings (SSSR count). The van der Waals surface area contributed by atoms with Gasteiger partial charge in [-0.3, -0.25) is 9.59 Å². The molecule has 98 valence electrons. The Morgan fingerprint density at radius 2 is 1.94 bits per heavy atom. The summed E-state index contributed by atoms with van der Waals surface area (Å²) in [6.07, 6.45) is 1.13. The van der Waals surface area contributed by atoms with Gasteiger partial charge in [-0.25, -0.2) is 0 Å². The van der Waals surface area contributed by atoms with E-state index in [1.807, 2.05) is 25.1 Å². The molecular formula is C14H20N2O2. The summed E-state index contributed by atoms with van der Waals surface area (Å²) in [6, 6.07) is 7.15. The van der Waals surface area contributed by atoms with E-state index in [-0.39, 0.29) is 5.91 Å². The maximum atomic E-state index is 11.9. The Kier molecular flexibility index (Phi) is 5.52. The summed E-state index contributed by atoms with van der Waals surface area (Å²) < 4.78 is 0. The number of amides is 1. The van der Waals surface area contributed by atoms with Crippen molar-refractivity contribution in [1.82, 2.24) is 9.80 Å². The molecule has 0 unspecified atom stereocenters. The number of hydrogen-bond donors (Lipinski definition) is 0. The van der Waals surface area contributed by atoms with Gasteiger partial charge in [0.15, 0.2) is 0 Å². The Bertz CT molecular complexity index is 416. The van der Waals surface area contributed by atoms with E-state index in [0.29, 0.717) is 18.5 Å². The zero-order valence-corrected chi connectivity index (χ0v) is 11.2. The Morgan fingerprint density at radius 1 is 1.22 bits per heavy atom. The zero-order valence-electron chi connectivity index (χ0n) is 11.2. The van der Waals surface area contributed by atoms with Crippen molar-refractivity contribution in [2.45, 2.75) is 6.42 Å². The van der Waals surface area contributed by atoms with Crippen molar-refractivity contribution >= 4 is 12.2 Å². The Morgan fingerprint density at radius 3 is 2.56 bits per heavy atom. The lowest BCUT2D eigenvalue weighted by Crippen LogP contribution is -2.34. The van der Waals surface area contributed by atoms with E-state index in [0.717, 1.165) is 18.4 Å². The van der Waals surface area contributed by atoms with Gasteiger partial charge in [0.2, 0.25) is 5.91 Å². The summed E-state index contributed by atoms with van der Waals surface area (Å²) in [5.74, 6) is 0.0694. The SMILES string of the molecule is CN(C)CCN(C)C(=O)Cc1cccc(C=O)c1. The van der Waals surface area contributed by atoms with Crippen molar-refractivity contribution in [1.29, 1.82) is 0 Å². The first-order valence-electron chi connectivity index (χ1n) is 5.95. The smallest absolute Gasteiger partial charge is 0.226 e. The van der Waals surface area contributed by atoms with Crippen LogP contribution in [0.25, 0.3) is 0 Å². The molecule has 4 nitrogen and oxygen atoms in total. The molecule has 0 saturated carbocycles. The molecule has 0 aliphatic heterocycles. The topological polar surface area (TPSA) is 40.6 Å². The lowest BCUT2D eigenvalue weighted by atomic mass is 10.1. The van der Waals surface area contributed by atoms with Gasteiger partial charge in [-0.15, -0.1) is 0 Å². The monoisotopic (exact) mass is 248 g/mol. The molecule has 18 heavy (non-hydrogen) atoms. The van der Waals surface area contributed by atoms with Gasteiger partial charge in [-0.2, -0.15) is 0 Å². The summed E-state index contributed by atoms with van der Waals surface area (Å²) in [5.41, 5.74) is 1.48. The van der Waals surface area contributed by atoms with Crippen LogP contribution in [0, 0.1) is 0 Å². The van der Waals surface area contributed by atoms with Crippen molar-refractivity contribution in [3.8, 4) is 0 Å². The minimum Gasteiger partial charge on any atom is -0.344 e. The normalized spacial score (nSPS) is 10.4. The molecule has 0 N–H and O–H groups in total. The van der Waals surface area contributed by atoms with Crippen LogP contribution in [0.15, 0.2) is 24.3 Å². The summed E-state index contributed by atoms with van der Waals surface area (Å²) in [5, 5.41) is 0. The van der Waals surface area contributed by atoms with Crippen molar-refractivity contribution in [3.05, 3.63) is 35.4 Å². The predicted octanol–water partition coefficient (Wildman–Crippen LogP) is 1.06. The van der Waals surface area contributed by atoms with Crippen LogP contribution in [0.5, 0.6) is 0 Å². The number of carbonyl (C=O) groups is 2.